The van der Waals surface area contributed by atoms with Gasteiger partial charge < -0.3 is 14.5 Å². The van der Waals surface area contributed by atoms with Crippen LogP contribution < -0.4 is 0 Å². The number of piperidine rings is 1. The normalized spacial score (nSPS) is 17.8. The van der Waals surface area contributed by atoms with E-state index in [9.17, 15) is 28.8 Å². The molecule has 2 unspecified atom stereocenters. The zero-order valence-electron chi connectivity index (χ0n) is 23.3. The van der Waals surface area contributed by atoms with Gasteiger partial charge in [-0.2, -0.15) is 0 Å². The molecule has 0 bridgehead atoms. The van der Waals surface area contributed by atoms with Crippen molar-refractivity contribution < 1.29 is 28.8 Å². The van der Waals surface area contributed by atoms with E-state index in [0.29, 0.717) is 25.7 Å². The predicted octanol–water partition coefficient (Wildman–Crippen LogP) is 1.75. The van der Waals surface area contributed by atoms with Crippen LogP contribution in [0, 0.1) is 17.3 Å². The number of unbranched alkanes of at least 4 members (excludes halogenated alkanes) is 3. The van der Waals surface area contributed by atoms with Gasteiger partial charge in [-0.25, -0.2) is 0 Å². The molecule has 1 aliphatic rings. The fraction of sp³-hybridized carbons (Fsp3) is 0.778. The molecule has 0 aromatic carbocycles. The van der Waals surface area contributed by atoms with Gasteiger partial charge in [0.2, 0.25) is 5.91 Å². The van der Waals surface area contributed by atoms with E-state index in [1.54, 1.807) is 0 Å². The highest BCUT2D eigenvalue weighted by Gasteiger charge is 2.36. The summed E-state index contributed by atoms with van der Waals surface area (Å²) in [6.45, 7) is 5.54. The molecule has 38 heavy (non-hydrogen) atoms. The number of hydrogen-bond donors (Lipinski definition) is 0. The van der Waals surface area contributed by atoms with E-state index < -0.39 is 11.8 Å². The van der Waals surface area contributed by atoms with Gasteiger partial charge >= 0.3 is 0 Å². The number of ketones is 5. The van der Waals surface area contributed by atoms with E-state index in [0.717, 1.165) is 19.3 Å². The monoisotopic (exact) mass is 522 g/mol. The molecular formula is C27H41B3N2O6. The standard InChI is InChI=1S/C27H41B3N2O6/c1-27(2,3)25(37)9-7-5-4-6-8-21(33)16-31(17-22(34)11-28)18-26(38)32-14-19(23(35)12-29)10-20(15-32)24(36)13-30/h19-20H,4-18H2,1-3H3. The van der Waals surface area contributed by atoms with Crippen molar-refractivity contribution in [3.8, 4) is 0 Å². The van der Waals surface area contributed by atoms with Crippen LogP contribution in [0.25, 0.3) is 0 Å². The molecule has 0 N–H and O–H groups in total. The van der Waals surface area contributed by atoms with Crippen molar-refractivity contribution in [1.29, 1.82) is 0 Å². The van der Waals surface area contributed by atoms with Crippen molar-refractivity contribution in [2.24, 2.45) is 17.3 Å². The summed E-state index contributed by atoms with van der Waals surface area (Å²) in [7, 11) is 16.5. The molecule has 2 atom stereocenters. The summed E-state index contributed by atoms with van der Waals surface area (Å²) in [5.41, 5.74) is -0.340. The molecule has 0 spiro atoms. The second-order valence-corrected chi connectivity index (χ2v) is 11.3. The molecule has 0 aliphatic carbocycles. The van der Waals surface area contributed by atoms with Gasteiger partial charge in [-0.15, -0.1) is 0 Å². The number of likely N-dealkylation sites (tertiary alicyclic amines) is 1. The van der Waals surface area contributed by atoms with Gasteiger partial charge in [-0.05, 0) is 38.2 Å². The molecule has 1 fully saturated rings. The number of hydrogen-bond acceptors (Lipinski definition) is 7. The molecule has 0 saturated carbocycles. The SMILES string of the molecule is [B]CC(=O)CN(CC(=O)CCCCCCC(=O)C(C)(C)C)CC(=O)N1CC(C(=O)C[B])CC(C(=O)C[B])C1. The van der Waals surface area contributed by atoms with Gasteiger partial charge in [0, 0.05) is 43.2 Å². The highest BCUT2D eigenvalue weighted by molar-refractivity contribution is 6.21. The molecule has 0 aromatic rings. The van der Waals surface area contributed by atoms with Gasteiger partial charge in [0.05, 0.1) is 43.2 Å². The van der Waals surface area contributed by atoms with E-state index in [2.05, 4.69) is 0 Å². The van der Waals surface area contributed by atoms with Crippen LogP contribution in [0.3, 0.4) is 0 Å². The lowest BCUT2D eigenvalue weighted by Crippen LogP contribution is -2.51. The van der Waals surface area contributed by atoms with Crippen molar-refractivity contribution in [1.82, 2.24) is 9.80 Å². The van der Waals surface area contributed by atoms with Crippen molar-refractivity contribution in [2.45, 2.75) is 84.7 Å². The maximum Gasteiger partial charge on any atom is 0.236 e. The Morgan fingerprint density at radius 1 is 0.711 bits per heavy atom. The van der Waals surface area contributed by atoms with Crippen molar-refractivity contribution in [2.75, 3.05) is 32.7 Å². The van der Waals surface area contributed by atoms with Gasteiger partial charge in [0.25, 0.3) is 0 Å². The van der Waals surface area contributed by atoms with E-state index >= 15 is 0 Å². The van der Waals surface area contributed by atoms with E-state index in [4.69, 9.17) is 23.5 Å². The maximum absolute atomic E-state index is 13.1. The van der Waals surface area contributed by atoms with Crippen LogP contribution in [-0.4, -0.2) is 101 Å². The number of carbonyl (C=O) groups is 6. The highest BCUT2D eigenvalue weighted by atomic mass is 16.2. The summed E-state index contributed by atoms with van der Waals surface area (Å²) in [6.07, 6.45) is 3.65. The van der Waals surface area contributed by atoms with E-state index in [1.807, 2.05) is 20.8 Å². The van der Waals surface area contributed by atoms with Gasteiger partial charge in [0.15, 0.2) is 0 Å². The summed E-state index contributed by atoms with van der Waals surface area (Å²) in [5, 5.41) is 0. The minimum Gasteiger partial charge on any atom is -0.340 e. The molecule has 1 heterocycles. The minimum atomic E-state index is -0.558. The molecular weight excluding hydrogens is 481 g/mol. The number of amides is 1. The summed E-state index contributed by atoms with van der Waals surface area (Å²) < 4.78 is 0. The topological polar surface area (TPSA) is 109 Å². The smallest absolute Gasteiger partial charge is 0.236 e. The van der Waals surface area contributed by atoms with Gasteiger partial charge in [0.1, 0.15) is 28.9 Å². The fourth-order valence-electron chi connectivity index (χ4n) is 4.54. The third-order valence-corrected chi connectivity index (χ3v) is 6.95. The van der Waals surface area contributed by atoms with Crippen LogP contribution in [0.4, 0.5) is 0 Å². The Hall–Kier alpha value is -2.03. The Morgan fingerprint density at radius 3 is 1.68 bits per heavy atom. The average molecular weight is 522 g/mol. The van der Waals surface area contributed by atoms with Crippen molar-refractivity contribution in [3.63, 3.8) is 0 Å². The molecule has 6 radical (unpaired) electrons. The predicted molar refractivity (Wildman–Crippen MR) is 148 cm³/mol. The Labute approximate surface area is 231 Å². The number of nitrogens with zero attached hydrogens (tertiary/aromatic N) is 2. The molecule has 1 aliphatic heterocycles. The quantitative estimate of drug-likeness (QED) is 0.200. The van der Waals surface area contributed by atoms with E-state index in [-0.39, 0.29) is 91.9 Å². The summed E-state index contributed by atoms with van der Waals surface area (Å²) in [6, 6.07) is 0. The summed E-state index contributed by atoms with van der Waals surface area (Å²) in [4.78, 5) is 77.2. The molecule has 1 saturated heterocycles. The third kappa shape index (κ3) is 12.2. The Balaban J connectivity index is 2.68. The molecule has 0 aromatic heterocycles. The summed E-state index contributed by atoms with van der Waals surface area (Å²) >= 11 is 0. The van der Waals surface area contributed by atoms with Crippen LogP contribution in [0.5, 0.6) is 0 Å². The van der Waals surface area contributed by atoms with E-state index in [1.165, 1.54) is 9.80 Å². The van der Waals surface area contributed by atoms with Gasteiger partial charge in [-0.3, -0.25) is 24.1 Å². The molecule has 11 heteroatoms. The molecule has 1 amide bonds. The maximum atomic E-state index is 13.1. The van der Waals surface area contributed by atoms with Crippen molar-refractivity contribution in [3.05, 3.63) is 0 Å². The minimum absolute atomic E-state index is 0.0792. The Morgan fingerprint density at radius 2 is 1.21 bits per heavy atom. The first-order chi connectivity index (χ1) is 17.8. The lowest BCUT2D eigenvalue weighted by atomic mass is 9.78. The highest BCUT2D eigenvalue weighted by Crippen LogP contribution is 2.25. The zero-order valence-corrected chi connectivity index (χ0v) is 23.3. The molecule has 8 nitrogen and oxygen atoms in total. The second-order valence-electron chi connectivity index (χ2n) is 11.3. The van der Waals surface area contributed by atoms with Crippen LogP contribution in [-0.2, 0) is 28.8 Å². The van der Waals surface area contributed by atoms with Crippen LogP contribution >= 0.6 is 0 Å². The largest absolute Gasteiger partial charge is 0.340 e. The second kappa shape index (κ2) is 16.8. The first kappa shape index (κ1) is 34.0. The van der Waals surface area contributed by atoms with Crippen molar-refractivity contribution >= 4 is 58.4 Å². The van der Waals surface area contributed by atoms with Crippen LogP contribution in [0.1, 0.15) is 65.7 Å². The Kier molecular flexibility index (Phi) is 15.1. The molecule has 1 rings (SSSR count). The average Bonchev–Trinajstić information content (AvgIpc) is 2.88. The lowest BCUT2D eigenvalue weighted by molar-refractivity contribution is -0.139. The first-order valence-corrected chi connectivity index (χ1v) is 13.5. The van der Waals surface area contributed by atoms with Crippen LogP contribution in [0.15, 0.2) is 0 Å². The zero-order chi connectivity index (χ0) is 28.9. The Bertz CT molecular complexity index is 834. The fourth-order valence-corrected chi connectivity index (χ4v) is 4.54. The third-order valence-electron chi connectivity index (χ3n) is 6.95. The molecule has 204 valence electrons. The van der Waals surface area contributed by atoms with Gasteiger partial charge in [-0.1, -0.05) is 33.6 Å². The number of rotatable bonds is 18. The van der Waals surface area contributed by atoms with Crippen LogP contribution in [0.2, 0.25) is 19.0 Å². The lowest BCUT2D eigenvalue weighted by Gasteiger charge is -2.37. The number of carbonyl (C=O) groups excluding carboxylic acids is 6. The first-order valence-electron chi connectivity index (χ1n) is 13.5. The number of Topliss-reactive ketones (excluding diaryl/α,β-unsaturated/α-hetero) is 5. The summed E-state index contributed by atoms with van der Waals surface area (Å²) in [5.74, 6) is -2.13.